The highest BCUT2D eigenvalue weighted by Gasteiger charge is 2.17. The molecule has 156 valence electrons. The van der Waals surface area contributed by atoms with Crippen LogP contribution >= 0.6 is 0 Å². The lowest BCUT2D eigenvalue weighted by atomic mass is 9.94. The molecule has 0 atom stereocenters. The Labute approximate surface area is 170 Å². The quantitative estimate of drug-likeness (QED) is 0.636. The second-order valence-electron chi connectivity index (χ2n) is 8.54. The van der Waals surface area contributed by atoms with Gasteiger partial charge in [0.25, 0.3) is 0 Å². The van der Waals surface area contributed by atoms with Gasteiger partial charge in [-0.15, -0.1) is 0 Å². The fourth-order valence-corrected chi connectivity index (χ4v) is 4.52. The number of amides is 2. The summed E-state index contributed by atoms with van der Waals surface area (Å²) in [6.45, 7) is 5.82. The average molecular weight is 387 g/mol. The summed E-state index contributed by atoms with van der Waals surface area (Å²) >= 11 is 0. The van der Waals surface area contributed by atoms with E-state index in [0.717, 1.165) is 32.1 Å². The summed E-state index contributed by atoms with van der Waals surface area (Å²) < 4.78 is 0. The third-order valence-electron chi connectivity index (χ3n) is 6.22. The Balaban J connectivity index is 1.29. The summed E-state index contributed by atoms with van der Waals surface area (Å²) in [5.41, 5.74) is 2.51. The van der Waals surface area contributed by atoms with Crippen molar-refractivity contribution in [2.45, 2.75) is 70.5 Å². The highest BCUT2D eigenvalue weighted by Crippen LogP contribution is 2.21. The van der Waals surface area contributed by atoms with Gasteiger partial charge in [0, 0.05) is 25.7 Å². The predicted molar refractivity (Wildman–Crippen MR) is 115 cm³/mol. The Kier molecular flexibility index (Phi) is 8.62. The number of likely N-dealkylation sites (tertiary alicyclic amines) is 1. The van der Waals surface area contributed by atoms with Gasteiger partial charge in [-0.05, 0) is 69.9 Å². The molecule has 2 aliphatic rings. The van der Waals surface area contributed by atoms with Crippen molar-refractivity contribution in [1.29, 1.82) is 0 Å². The van der Waals surface area contributed by atoms with Gasteiger partial charge in [-0.2, -0.15) is 0 Å². The van der Waals surface area contributed by atoms with Crippen molar-refractivity contribution in [2.75, 3.05) is 33.2 Å². The minimum atomic E-state index is -0.0646. The topological polar surface area (TPSA) is 47.6 Å². The van der Waals surface area contributed by atoms with Gasteiger partial charge >= 0.3 is 6.03 Å². The van der Waals surface area contributed by atoms with Crippen molar-refractivity contribution in [3.63, 3.8) is 0 Å². The molecule has 1 aromatic carbocycles. The van der Waals surface area contributed by atoms with Gasteiger partial charge in [-0.1, -0.05) is 43.5 Å². The minimum Gasteiger partial charge on any atom is -0.338 e. The number of hydrogen-bond donors (Lipinski definition) is 2. The Morgan fingerprint density at radius 1 is 1.07 bits per heavy atom. The van der Waals surface area contributed by atoms with Crippen LogP contribution in [0.15, 0.2) is 24.3 Å². The van der Waals surface area contributed by atoms with Crippen LogP contribution in [-0.2, 0) is 13.1 Å². The number of nitrogens with one attached hydrogen (secondary N) is 2. The van der Waals surface area contributed by atoms with Crippen LogP contribution in [0.5, 0.6) is 0 Å². The van der Waals surface area contributed by atoms with Crippen molar-refractivity contribution < 1.29 is 4.79 Å². The molecule has 3 rings (SSSR count). The molecule has 28 heavy (non-hydrogen) atoms. The van der Waals surface area contributed by atoms with Crippen molar-refractivity contribution in [3.05, 3.63) is 35.4 Å². The molecule has 0 radical (unpaired) electrons. The fraction of sp³-hybridized carbons (Fsp3) is 0.696. The van der Waals surface area contributed by atoms with Crippen molar-refractivity contribution >= 4 is 6.03 Å². The molecule has 1 saturated carbocycles. The SMILES string of the molecule is CN(CCCNC(=O)NCc1cccc(CN2CCCC2)c1)C1CCCCC1. The lowest BCUT2D eigenvalue weighted by molar-refractivity contribution is 0.189. The first-order valence-corrected chi connectivity index (χ1v) is 11.2. The molecule has 1 aliphatic heterocycles. The fourth-order valence-electron chi connectivity index (χ4n) is 4.52. The van der Waals surface area contributed by atoms with Crippen LogP contribution in [0.4, 0.5) is 4.79 Å². The van der Waals surface area contributed by atoms with E-state index in [2.05, 4.69) is 51.7 Å². The molecule has 0 unspecified atom stereocenters. The Hall–Kier alpha value is -1.59. The van der Waals surface area contributed by atoms with Crippen LogP contribution in [0.2, 0.25) is 0 Å². The monoisotopic (exact) mass is 386 g/mol. The molecule has 1 aromatic rings. The molecule has 5 nitrogen and oxygen atoms in total. The average Bonchev–Trinajstić information content (AvgIpc) is 3.23. The largest absolute Gasteiger partial charge is 0.338 e. The number of hydrogen-bond acceptors (Lipinski definition) is 3. The van der Waals surface area contributed by atoms with Gasteiger partial charge in [-0.25, -0.2) is 4.79 Å². The minimum absolute atomic E-state index is 0.0646. The molecule has 0 bridgehead atoms. The van der Waals surface area contributed by atoms with E-state index in [0.29, 0.717) is 6.54 Å². The van der Waals surface area contributed by atoms with Gasteiger partial charge in [0.05, 0.1) is 0 Å². The van der Waals surface area contributed by atoms with Gasteiger partial charge in [-0.3, -0.25) is 4.90 Å². The maximum Gasteiger partial charge on any atom is 0.315 e. The lowest BCUT2D eigenvalue weighted by Gasteiger charge is -2.31. The molecule has 1 saturated heterocycles. The normalized spacial score (nSPS) is 18.5. The van der Waals surface area contributed by atoms with E-state index in [-0.39, 0.29) is 6.03 Å². The number of benzene rings is 1. The third kappa shape index (κ3) is 7.10. The van der Waals surface area contributed by atoms with E-state index < -0.39 is 0 Å². The standard InChI is InChI=1S/C23H38N4O/c1-26(22-11-3-2-4-12-22)14-8-13-24-23(28)25-18-20-9-7-10-21(17-20)19-27-15-5-6-16-27/h7,9-10,17,22H,2-6,8,11-16,18-19H2,1H3,(H2,24,25,28). The second kappa shape index (κ2) is 11.4. The number of carbonyl (C=O) groups excluding carboxylic acids is 1. The third-order valence-corrected chi connectivity index (χ3v) is 6.22. The Bertz CT molecular complexity index is 594. The summed E-state index contributed by atoms with van der Waals surface area (Å²) in [7, 11) is 2.23. The Morgan fingerprint density at radius 3 is 2.61 bits per heavy atom. The van der Waals surface area contributed by atoms with Crippen LogP contribution < -0.4 is 10.6 Å². The van der Waals surface area contributed by atoms with Crippen LogP contribution in [0.25, 0.3) is 0 Å². The number of nitrogens with zero attached hydrogens (tertiary/aromatic N) is 2. The zero-order valence-electron chi connectivity index (χ0n) is 17.6. The first-order valence-electron chi connectivity index (χ1n) is 11.2. The maximum absolute atomic E-state index is 12.1. The molecule has 2 N–H and O–H groups in total. The van der Waals surface area contributed by atoms with Gasteiger partial charge in [0.15, 0.2) is 0 Å². The highest BCUT2D eigenvalue weighted by molar-refractivity contribution is 5.73. The van der Waals surface area contributed by atoms with Crippen molar-refractivity contribution in [3.8, 4) is 0 Å². The number of urea groups is 1. The molecular formula is C23H38N4O. The van der Waals surface area contributed by atoms with Gasteiger partial charge in [0.2, 0.25) is 0 Å². The van der Waals surface area contributed by atoms with Gasteiger partial charge < -0.3 is 15.5 Å². The first-order chi connectivity index (χ1) is 13.7. The summed E-state index contributed by atoms with van der Waals surface area (Å²) in [6, 6.07) is 9.28. The smallest absolute Gasteiger partial charge is 0.315 e. The zero-order chi connectivity index (χ0) is 19.6. The van der Waals surface area contributed by atoms with Crippen molar-refractivity contribution in [2.24, 2.45) is 0 Å². The van der Waals surface area contributed by atoms with Crippen LogP contribution in [0, 0.1) is 0 Å². The molecule has 2 fully saturated rings. The first kappa shape index (κ1) is 21.1. The zero-order valence-corrected chi connectivity index (χ0v) is 17.6. The van der Waals surface area contributed by atoms with E-state index >= 15 is 0 Å². The second-order valence-corrected chi connectivity index (χ2v) is 8.54. The Morgan fingerprint density at radius 2 is 1.82 bits per heavy atom. The van der Waals surface area contributed by atoms with Crippen LogP contribution in [0.1, 0.15) is 62.5 Å². The van der Waals surface area contributed by atoms with E-state index in [9.17, 15) is 4.79 Å². The summed E-state index contributed by atoms with van der Waals surface area (Å²) in [4.78, 5) is 17.1. The van der Waals surface area contributed by atoms with E-state index in [1.54, 1.807) is 0 Å². The molecular weight excluding hydrogens is 348 g/mol. The lowest BCUT2D eigenvalue weighted by Crippen LogP contribution is -2.38. The summed E-state index contributed by atoms with van der Waals surface area (Å²) in [6.07, 6.45) is 10.4. The number of carbonyl (C=O) groups is 1. The van der Waals surface area contributed by atoms with Crippen LogP contribution in [0.3, 0.4) is 0 Å². The number of rotatable bonds is 9. The molecule has 5 heteroatoms. The molecule has 0 aromatic heterocycles. The molecule has 0 spiro atoms. The summed E-state index contributed by atoms with van der Waals surface area (Å²) in [5.74, 6) is 0. The van der Waals surface area contributed by atoms with E-state index in [4.69, 9.17) is 0 Å². The highest BCUT2D eigenvalue weighted by atomic mass is 16.2. The van der Waals surface area contributed by atoms with Crippen molar-refractivity contribution in [1.82, 2.24) is 20.4 Å². The van der Waals surface area contributed by atoms with Crippen LogP contribution in [-0.4, -0.2) is 55.1 Å². The maximum atomic E-state index is 12.1. The van der Waals surface area contributed by atoms with E-state index in [1.807, 2.05) is 0 Å². The van der Waals surface area contributed by atoms with E-state index in [1.165, 1.54) is 69.2 Å². The molecule has 1 heterocycles. The van der Waals surface area contributed by atoms with Gasteiger partial charge in [0.1, 0.15) is 0 Å². The summed E-state index contributed by atoms with van der Waals surface area (Å²) in [5, 5.41) is 5.99. The predicted octanol–water partition coefficient (Wildman–Crippen LogP) is 3.74. The molecule has 1 aliphatic carbocycles. The molecule has 2 amide bonds.